The molecule has 9 heteroatoms. The molecule has 1 amide bonds. The van der Waals surface area contributed by atoms with Crippen LogP contribution in [-0.4, -0.2) is 43.7 Å². The lowest BCUT2D eigenvalue weighted by Gasteiger charge is -2.04. The van der Waals surface area contributed by atoms with Crippen LogP contribution in [-0.2, 0) is 9.59 Å². The molecule has 2 aromatic carbocycles. The van der Waals surface area contributed by atoms with Crippen molar-refractivity contribution in [2.45, 2.75) is 47.5 Å². The van der Waals surface area contributed by atoms with E-state index in [9.17, 15) is 9.59 Å². The van der Waals surface area contributed by atoms with Gasteiger partial charge in [0.15, 0.2) is 23.0 Å². The molecule has 9 nitrogen and oxygen atoms in total. The summed E-state index contributed by atoms with van der Waals surface area (Å²) in [5.74, 6) is 2.41. The van der Waals surface area contributed by atoms with Gasteiger partial charge in [-0.25, -0.2) is 4.79 Å². The summed E-state index contributed by atoms with van der Waals surface area (Å²) < 4.78 is 21.1. The Labute approximate surface area is 254 Å². The predicted molar refractivity (Wildman–Crippen MR) is 170 cm³/mol. The zero-order valence-electron chi connectivity index (χ0n) is 25.7. The molecule has 0 fully saturated rings. The first-order chi connectivity index (χ1) is 20.6. The molecule has 0 unspecified atom stereocenters. The number of fused-ring (bicyclic) bond motifs is 2. The van der Waals surface area contributed by atoms with Crippen LogP contribution in [0.1, 0.15) is 58.6 Å². The van der Waals surface area contributed by atoms with Gasteiger partial charge in [0.25, 0.3) is 0 Å². The number of carboxylic acids is 1. The van der Waals surface area contributed by atoms with Gasteiger partial charge in [0.2, 0.25) is 19.5 Å². The quantitative estimate of drug-likeness (QED) is 0.215. The summed E-state index contributed by atoms with van der Waals surface area (Å²) in [6.45, 7) is 12.1. The van der Waals surface area contributed by atoms with Crippen molar-refractivity contribution in [2.24, 2.45) is 11.7 Å². The Morgan fingerprint density at radius 1 is 0.837 bits per heavy atom. The number of carboxylic acid groups (broad SMARTS) is 1. The smallest absolute Gasteiger partial charge is 0.328 e. The molecule has 2 aliphatic heterocycles. The highest BCUT2D eigenvalue weighted by molar-refractivity contribution is 5.88. The number of hydrogen-bond acceptors (Lipinski definition) is 7. The van der Waals surface area contributed by atoms with Crippen LogP contribution < -0.4 is 30.0 Å². The second-order valence-corrected chi connectivity index (χ2v) is 10.3. The molecule has 0 radical (unpaired) electrons. The minimum atomic E-state index is -0.955. The van der Waals surface area contributed by atoms with Gasteiger partial charge in [-0.05, 0) is 68.1 Å². The maximum Gasteiger partial charge on any atom is 0.328 e. The summed E-state index contributed by atoms with van der Waals surface area (Å²) in [4.78, 5) is 22.0. The van der Waals surface area contributed by atoms with E-state index < -0.39 is 5.97 Å². The number of carbonyl (C=O) groups excluding carboxylic acids is 1. The number of allylic oxidation sites excluding steroid dienone is 4. The normalized spacial score (nSPS) is 13.5. The van der Waals surface area contributed by atoms with Gasteiger partial charge in [-0.3, -0.25) is 4.79 Å². The van der Waals surface area contributed by atoms with E-state index in [2.05, 4.69) is 26.1 Å². The minimum absolute atomic E-state index is 0.0675. The molecule has 0 atom stereocenters. The van der Waals surface area contributed by atoms with Crippen molar-refractivity contribution >= 4 is 24.0 Å². The lowest BCUT2D eigenvalue weighted by atomic mass is 10.1. The van der Waals surface area contributed by atoms with E-state index in [1.165, 1.54) is 12.8 Å². The van der Waals surface area contributed by atoms with Crippen LogP contribution in [0.3, 0.4) is 0 Å². The van der Waals surface area contributed by atoms with E-state index in [1.54, 1.807) is 18.2 Å². The lowest BCUT2D eigenvalue weighted by Crippen LogP contribution is -2.25. The number of aliphatic carboxylic acids is 1. The fourth-order valence-corrected chi connectivity index (χ4v) is 3.61. The van der Waals surface area contributed by atoms with Crippen molar-refractivity contribution < 1.29 is 33.6 Å². The van der Waals surface area contributed by atoms with Crippen LogP contribution in [0.5, 0.6) is 23.0 Å². The summed E-state index contributed by atoms with van der Waals surface area (Å²) in [6, 6.07) is 11.4. The standard InChI is InChI=1S/C17H21NO3.C13H12O4.C4H11N/c1-12(2)10-18-17(19)7-4-13(3)8-14-5-6-15-16(9-14)21-11-20-15;1-9(2-5-13(14)15)6-10-3-4-11-12(7-10)17-8-16-11;1-2-3-4-5/h4-9,12H,10-11H2,1-3H3,(H,18,19);2-7H,8H2,1H3,(H,14,15);2-5H2,1H3. The Morgan fingerprint density at radius 2 is 1.33 bits per heavy atom. The van der Waals surface area contributed by atoms with Crippen LogP contribution in [0.2, 0.25) is 0 Å². The second kappa shape index (κ2) is 18.8. The van der Waals surface area contributed by atoms with Gasteiger partial charge < -0.3 is 35.1 Å². The first-order valence-corrected chi connectivity index (χ1v) is 14.3. The van der Waals surface area contributed by atoms with E-state index in [0.717, 1.165) is 52.1 Å². The molecule has 4 N–H and O–H groups in total. The van der Waals surface area contributed by atoms with Crippen LogP contribution >= 0.6 is 0 Å². The van der Waals surface area contributed by atoms with Crippen molar-refractivity contribution in [1.82, 2.24) is 5.32 Å². The Kier molecular flexibility index (Phi) is 15.2. The van der Waals surface area contributed by atoms with Crippen LogP contribution in [0.15, 0.2) is 71.8 Å². The third-order valence-corrected chi connectivity index (χ3v) is 5.81. The summed E-state index contributed by atoms with van der Waals surface area (Å²) in [5.41, 5.74) is 8.95. The average Bonchev–Trinajstić information content (AvgIpc) is 3.64. The second-order valence-electron chi connectivity index (χ2n) is 10.3. The third-order valence-electron chi connectivity index (χ3n) is 5.81. The molecule has 0 aliphatic carbocycles. The number of nitrogens with one attached hydrogen (secondary N) is 1. The van der Waals surface area contributed by atoms with E-state index in [-0.39, 0.29) is 19.5 Å². The van der Waals surface area contributed by atoms with E-state index >= 15 is 0 Å². The molecule has 2 aliphatic rings. The first kappa shape index (κ1) is 34.7. The van der Waals surface area contributed by atoms with Gasteiger partial charge in [0, 0.05) is 18.7 Å². The summed E-state index contributed by atoms with van der Waals surface area (Å²) in [6.07, 6.45) is 12.3. The zero-order valence-corrected chi connectivity index (χ0v) is 25.7. The fourth-order valence-electron chi connectivity index (χ4n) is 3.61. The molecule has 232 valence electrons. The predicted octanol–water partition coefficient (Wildman–Crippen LogP) is 6.35. The minimum Gasteiger partial charge on any atom is -0.478 e. The Morgan fingerprint density at radius 3 is 1.74 bits per heavy atom. The van der Waals surface area contributed by atoms with E-state index in [1.807, 2.05) is 62.4 Å². The number of amides is 1. The van der Waals surface area contributed by atoms with E-state index in [4.69, 9.17) is 29.8 Å². The fraction of sp³-hybridized carbons (Fsp3) is 0.353. The van der Waals surface area contributed by atoms with Gasteiger partial charge in [0.05, 0.1) is 0 Å². The highest BCUT2D eigenvalue weighted by atomic mass is 16.7. The van der Waals surface area contributed by atoms with Crippen LogP contribution in [0.4, 0.5) is 0 Å². The summed E-state index contributed by atoms with van der Waals surface area (Å²) in [5, 5.41) is 11.4. The van der Waals surface area contributed by atoms with Crippen molar-refractivity contribution in [3.63, 3.8) is 0 Å². The van der Waals surface area contributed by atoms with Gasteiger partial charge >= 0.3 is 5.97 Å². The topological polar surface area (TPSA) is 129 Å². The monoisotopic (exact) mass is 592 g/mol. The number of rotatable bonds is 10. The molecule has 4 rings (SSSR count). The van der Waals surface area contributed by atoms with Crippen LogP contribution in [0, 0.1) is 5.92 Å². The molecule has 43 heavy (non-hydrogen) atoms. The zero-order chi connectivity index (χ0) is 31.6. The maximum atomic E-state index is 11.6. The Bertz CT molecular complexity index is 1320. The van der Waals surface area contributed by atoms with Crippen LogP contribution in [0.25, 0.3) is 12.2 Å². The van der Waals surface area contributed by atoms with E-state index in [0.29, 0.717) is 18.2 Å². The largest absolute Gasteiger partial charge is 0.478 e. The molecular formula is C34H44N2O7. The number of hydrogen-bond donors (Lipinski definition) is 3. The summed E-state index contributed by atoms with van der Waals surface area (Å²) in [7, 11) is 0. The third kappa shape index (κ3) is 13.8. The molecular weight excluding hydrogens is 548 g/mol. The Balaban J connectivity index is 0.000000264. The molecule has 2 aromatic rings. The Hall–Kier alpha value is -4.50. The highest BCUT2D eigenvalue weighted by Gasteiger charge is 2.13. The molecule has 2 heterocycles. The number of unbranched alkanes of at least 4 members (excludes halogenated alkanes) is 1. The SMILES string of the molecule is CC(C=CC(=O)NCC(C)C)=Cc1ccc2c(c1)OCO2.CC(C=CC(=O)O)=Cc1ccc2c(c1)OCO2.CCCCN. The van der Waals surface area contributed by atoms with Gasteiger partial charge in [-0.2, -0.15) is 0 Å². The molecule has 0 saturated heterocycles. The summed E-state index contributed by atoms with van der Waals surface area (Å²) >= 11 is 0. The number of nitrogens with two attached hydrogens (primary N) is 1. The number of carbonyl (C=O) groups is 2. The van der Waals surface area contributed by atoms with Gasteiger partial charge in [0.1, 0.15) is 0 Å². The molecule has 0 spiro atoms. The maximum absolute atomic E-state index is 11.6. The van der Waals surface area contributed by atoms with Crippen molar-refractivity contribution in [1.29, 1.82) is 0 Å². The van der Waals surface area contributed by atoms with Crippen molar-refractivity contribution in [3.8, 4) is 23.0 Å². The number of benzene rings is 2. The lowest BCUT2D eigenvalue weighted by molar-refractivity contribution is -0.131. The first-order valence-electron chi connectivity index (χ1n) is 14.3. The van der Waals surface area contributed by atoms with Gasteiger partial charge in [-0.1, -0.05) is 74.8 Å². The molecule has 0 bridgehead atoms. The molecule has 0 aromatic heterocycles. The van der Waals surface area contributed by atoms with Gasteiger partial charge in [-0.15, -0.1) is 0 Å². The average molecular weight is 593 g/mol. The van der Waals surface area contributed by atoms with Crippen molar-refractivity contribution in [2.75, 3.05) is 26.7 Å². The van der Waals surface area contributed by atoms with Crippen molar-refractivity contribution in [3.05, 3.63) is 83.0 Å². The molecule has 0 saturated carbocycles. The highest BCUT2D eigenvalue weighted by Crippen LogP contribution is 2.34. The number of ether oxygens (including phenoxy) is 4.